The van der Waals surface area contributed by atoms with Gasteiger partial charge in [0.25, 0.3) is 0 Å². The number of β-amino-alcohol motifs (C(OH)–C–C–N with tert-alkyl or cyclic N) is 1. The Kier molecular flexibility index (Phi) is 3.12. The van der Waals surface area contributed by atoms with Crippen molar-refractivity contribution in [3.63, 3.8) is 0 Å². The van der Waals surface area contributed by atoms with Crippen LogP contribution in [0.15, 0.2) is 0 Å². The van der Waals surface area contributed by atoms with Gasteiger partial charge in [-0.15, -0.1) is 0 Å². The van der Waals surface area contributed by atoms with Gasteiger partial charge < -0.3 is 10.4 Å². The molecule has 0 amide bonds. The molecule has 0 aromatic heterocycles. The van der Waals surface area contributed by atoms with Crippen LogP contribution in [0, 0.1) is 0 Å². The molecule has 60 valence electrons. The van der Waals surface area contributed by atoms with E-state index < -0.39 is 0 Å². The maximum atomic E-state index is 8.64. The first kappa shape index (κ1) is 7.98. The molecule has 2 N–H and O–H groups in total. The normalized spacial score (nSPS) is 28.8. The van der Waals surface area contributed by atoms with E-state index in [1.54, 1.807) is 0 Å². The topological polar surface area (TPSA) is 35.5 Å². The molecule has 0 spiro atoms. The number of nitrogens with one attached hydrogen (secondary N) is 1. The fourth-order valence-electron chi connectivity index (χ4n) is 1.36. The Bertz CT molecular complexity index is 95.6. The van der Waals surface area contributed by atoms with Crippen molar-refractivity contribution in [3.8, 4) is 0 Å². The zero-order chi connectivity index (χ0) is 7.40. The van der Waals surface area contributed by atoms with E-state index in [-0.39, 0.29) is 6.61 Å². The van der Waals surface area contributed by atoms with Crippen molar-refractivity contribution in [2.24, 2.45) is 0 Å². The van der Waals surface area contributed by atoms with E-state index in [1.165, 1.54) is 0 Å². The van der Waals surface area contributed by atoms with Gasteiger partial charge in [0, 0.05) is 32.2 Å². The minimum absolute atomic E-state index is 0.284. The van der Waals surface area contributed by atoms with E-state index in [0.717, 1.165) is 26.2 Å². The second kappa shape index (κ2) is 3.91. The third-order valence-electron chi connectivity index (χ3n) is 1.87. The summed E-state index contributed by atoms with van der Waals surface area (Å²) in [6, 6.07) is 0.584. The Labute approximate surface area is 62.0 Å². The highest BCUT2D eigenvalue weighted by molar-refractivity contribution is 4.74. The molecule has 10 heavy (non-hydrogen) atoms. The smallest absolute Gasteiger partial charge is 0.0558 e. The summed E-state index contributed by atoms with van der Waals surface area (Å²) in [5, 5.41) is 12.0. The van der Waals surface area contributed by atoms with Crippen LogP contribution in [0.5, 0.6) is 0 Å². The molecule has 0 unspecified atom stereocenters. The van der Waals surface area contributed by atoms with Crippen LogP contribution in [-0.2, 0) is 0 Å². The van der Waals surface area contributed by atoms with E-state index in [4.69, 9.17) is 5.11 Å². The Balaban J connectivity index is 2.18. The third kappa shape index (κ3) is 2.25. The summed E-state index contributed by atoms with van der Waals surface area (Å²) in [5.41, 5.74) is 0. The monoisotopic (exact) mass is 144 g/mol. The number of hydrogen-bond donors (Lipinski definition) is 2. The largest absolute Gasteiger partial charge is 0.395 e. The first-order valence-electron chi connectivity index (χ1n) is 3.89. The molecule has 0 bridgehead atoms. The van der Waals surface area contributed by atoms with Crippen molar-refractivity contribution >= 4 is 0 Å². The number of hydrogen-bond acceptors (Lipinski definition) is 3. The van der Waals surface area contributed by atoms with E-state index in [2.05, 4.69) is 17.1 Å². The predicted octanol–water partition coefficient (Wildman–Crippen LogP) is -0.728. The first-order valence-corrected chi connectivity index (χ1v) is 3.89. The zero-order valence-electron chi connectivity index (χ0n) is 6.51. The van der Waals surface area contributed by atoms with Gasteiger partial charge in [0.1, 0.15) is 0 Å². The lowest BCUT2D eigenvalue weighted by atomic mass is 10.2. The molecule has 0 aromatic rings. The standard InChI is InChI=1S/C7H16N2O/c1-7-6-9(4-5-10)3-2-8-7/h7-8,10H,2-6H2,1H3/t7-/m1/s1. The van der Waals surface area contributed by atoms with Gasteiger partial charge in [0.05, 0.1) is 6.61 Å². The van der Waals surface area contributed by atoms with Gasteiger partial charge in [-0.05, 0) is 6.92 Å². The van der Waals surface area contributed by atoms with Crippen molar-refractivity contribution in [1.29, 1.82) is 0 Å². The van der Waals surface area contributed by atoms with Gasteiger partial charge in [0.2, 0.25) is 0 Å². The van der Waals surface area contributed by atoms with E-state index in [1.807, 2.05) is 0 Å². The quantitative estimate of drug-likeness (QED) is 0.536. The Morgan fingerprint density at radius 3 is 3.10 bits per heavy atom. The van der Waals surface area contributed by atoms with E-state index >= 15 is 0 Å². The predicted molar refractivity (Wildman–Crippen MR) is 41.0 cm³/mol. The van der Waals surface area contributed by atoms with Crippen LogP contribution in [0.2, 0.25) is 0 Å². The summed E-state index contributed by atoms with van der Waals surface area (Å²) in [5.74, 6) is 0. The average Bonchev–Trinajstić information content (AvgIpc) is 1.88. The molecule has 1 atom stereocenters. The van der Waals surface area contributed by atoms with Crippen LogP contribution in [-0.4, -0.2) is 48.8 Å². The molecule has 0 aromatic carbocycles. The lowest BCUT2D eigenvalue weighted by molar-refractivity contribution is 0.161. The van der Waals surface area contributed by atoms with Gasteiger partial charge in [-0.1, -0.05) is 0 Å². The molecule has 1 aliphatic heterocycles. The Hall–Kier alpha value is -0.120. The molecule has 3 nitrogen and oxygen atoms in total. The average molecular weight is 144 g/mol. The summed E-state index contributed by atoms with van der Waals surface area (Å²) in [4.78, 5) is 2.28. The molecule has 1 aliphatic rings. The maximum absolute atomic E-state index is 8.64. The highest BCUT2D eigenvalue weighted by Gasteiger charge is 2.13. The summed E-state index contributed by atoms with van der Waals surface area (Å²) < 4.78 is 0. The minimum atomic E-state index is 0.284. The van der Waals surface area contributed by atoms with E-state index in [9.17, 15) is 0 Å². The van der Waals surface area contributed by atoms with Crippen LogP contribution < -0.4 is 5.32 Å². The second-order valence-corrected chi connectivity index (χ2v) is 2.88. The molecule has 0 aliphatic carbocycles. The third-order valence-corrected chi connectivity index (χ3v) is 1.87. The molecular weight excluding hydrogens is 128 g/mol. The second-order valence-electron chi connectivity index (χ2n) is 2.88. The summed E-state index contributed by atoms with van der Waals surface area (Å²) in [7, 11) is 0. The van der Waals surface area contributed by atoms with Gasteiger partial charge in [-0.25, -0.2) is 0 Å². The number of rotatable bonds is 2. The van der Waals surface area contributed by atoms with Crippen LogP contribution in [0.1, 0.15) is 6.92 Å². The van der Waals surface area contributed by atoms with Gasteiger partial charge in [0.15, 0.2) is 0 Å². The van der Waals surface area contributed by atoms with Crippen molar-refractivity contribution < 1.29 is 5.11 Å². The van der Waals surface area contributed by atoms with Crippen LogP contribution >= 0.6 is 0 Å². The first-order chi connectivity index (χ1) is 4.83. The highest BCUT2D eigenvalue weighted by atomic mass is 16.3. The van der Waals surface area contributed by atoms with Crippen molar-refractivity contribution in [3.05, 3.63) is 0 Å². The summed E-state index contributed by atoms with van der Waals surface area (Å²) in [6.07, 6.45) is 0. The lowest BCUT2D eigenvalue weighted by Gasteiger charge is -2.31. The summed E-state index contributed by atoms with van der Waals surface area (Å²) >= 11 is 0. The highest BCUT2D eigenvalue weighted by Crippen LogP contribution is 1.96. The van der Waals surface area contributed by atoms with Crippen molar-refractivity contribution in [2.75, 3.05) is 32.8 Å². The fourth-order valence-corrected chi connectivity index (χ4v) is 1.36. The Morgan fingerprint density at radius 1 is 1.70 bits per heavy atom. The molecule has 1 rings (SSSR count). The molecular formula is C7H16N2O. The number of nitrogens with zero attached hydrogens (tertiary/aromatic N) is 1. The van der Waals surface area contributed by atoms with Gasteiger partial charge in [-0.2, -0.15) is 0 Å². The van der Waals surface area contributed by atoms with Gasteiger partial charge in [-0.3, -0.25) is 4.90 Å². The molecule has 0 radical (unpaired) electrons. The van der Waals surface area contributed by atoms with Crippen LogP contribution in [0.4, 0.5) is 0 Å². The summed E-state index contributed by atoms with van der Waals surface area (Å²) in [6.45, 7) is 6.48. The molecule has 1 saturated heterocycles. The molecule has 1 heterocycles. The SMILES string of the molecule is C[C@@H]1CN(CCO)CCN1. The minimum Gasteiger partial charge on any atom is -0.395 e. The molecule has 0 saturated carbocycles. The molecule has 1 fully saturated rings. The van der Waals surface area contributed by atoms with Crippen LogP contribution in [0.25, 0.3) is 0 Å². The Morgan fingerprint density at radius 2 is 2.50 bits per heavy atom. The maximum Gasteiger partial charge on any atom is 0.0558 e. The van der Waals surface area contributed by atoms with E-state index in [0.29, 0.717) is 6.04 Å². The number of aliphatic hydroxyl groups excluding tert-OH is 1. The van der Waals surface area contributed by atoms with Crippen molar-refractivity contribution in [2.45, 2.75) is 13.0 Å². The van der Waals surface area contributed by atoms with Crippen LogP contribution in [0.3, 0.4) is 0 Å². The van der Waals surface area contributed by atoms with Crippen molar-refractivity contribution in [1.82, 2.24) is 10.2 Å². The van der Waals surface area contributed by atoms with Gasteiger partial charge >= 0.3 is 0 Å². The fraction of sp³-hybridized carbons (Fsp3) is 1.00. The molecule has 3 heteroatoms. The zero-order valence-corrected chi connectivity index (χ0v) is 6.51. The number of piperazine rings is 1. The number of aliphatic hydroxyl groups is 1. The lowest BCUT2D eigenvalue weighted by Crippen LogP contribution is -2.49.